The third-order valence-corrected chi connectivity index (χ3v) is 6.23. The predicted molar refractivity (Wildman–Crippen MR) is 108 cm³/mol. The molecule has 4 rings (SSSR count). The largest absolute Gasteiger partial charge is 0.464 e. The Balaban J connectivity index is 1.52. The summed E-state index contributed by atoms with van der Waals surface area (Å²) in [6.45, 7) is 3.52. The van der Waals surface area contributed by atoms with Crippen LogP contribution in [0.5, 0.6) is 0 Å². The predicted octanol–water partition coefficient (Wildman–Crippen LogP) is 4.41. The average Bonchev–Trinajstić information content (AvgIpc) is 3.10. The van der Waals surface area contributed by atoms with E-state index in [9.17, 15) is 4.79 Å². The molecule has 2 aromatic carbocycles. The van der Waals surface area contributed by atoms with E-state index in [-0.39, 0.29) is 5.97 Å². The van der Waals surface area contributed by atoms with Crippen LogP contribution in [-0.4, -0.2) is 37.1 Å². The van der Waals surface area contributed by atoms with Crippen LogP contribution in [0.4, 0.5) is 0 Å². The number of carbonyl (C=O) groups is 1. The highest BCUT2D eigenvalue weighted by atomic mass is 35.5. The average molecular weight is 384 g/mol. The van der Waals surface area contributed by atoms with Gasteiger partial charge in [-0.2, -0.15) is 0 Å². The fourth-order valence-corrected chi connectivity index (χ4v) is 4.56. The lowest BCUT2D eigenvalue weighted by atomic mass is 9.77. The van der Waals surface area contributed by atoms with Gasteiger partial charge in [0.1, 0.15) is 12.0 Å². The van der Waals surface area contributed by atoms with Gasteiger partial charge in [0.15, 0.2) is 0 Å². The Kier molecular flexibility index (Phi) is 5.51. The third-order valence-electron chi connectivity index (χ3n) is 5.98. The number of esters is 1. The quantitative estimate of drug-likeness (QED) is 0.716. The lowest BCUT2D eigenvalue weighted by molar-refractivity contribution is -0.151. The van der Waals surface area contributed by atoms with Gasteiger partial charge in [0.2, 0.25) is 0 Å². The van der Waals surface area contributed by atoms with E-state index in [0.29, 0.717) is 24.5 Å². The third kappa shape index (κ3) is 3.90. The van der Waals surface area contributed by atoms with Crippen LogP contribution in [0.2, 0.25) is 5.02 Å². The fourth-order valence-electron chi connectivity index (χ4n) is 4.44. The number of benzene rings is 2. The van der Waals surface area contributed by atoms with Crippen molar-refractivity contribution in [1.29, 1.82) is 0 Å². The summed E-state index contributed by atoms with van der Waals surface area (Å²) in [4.78, 5) is 15.7. The smallest absolute Gasteiger partial charge is 0.317 e. The summed E-state index contributed by atoms with van der Waals surface area (Å²) in [5.74, 6) is -0.113. The molecule has 0 N–H and O–H groups in total. The molecule has 27 heavy (non-hydrogen) atoms. The van der Waals surface area contributed by atoms with Crippen LogP contribution < -0.4 is 0 Å². The topological polar surface area (TPSA) is 29.5 Å². The summed E-state index contributed by atoms with van der Waals surface area (Å²) in [5.41, 5.74) is 2.82. The minimum atomic E-state index is -0.643. The van der Waals surface area contributed by atoms with Crippen molar-refractivity contribution in [3.05, 3.63) is 70.2 Å². The Morgan fingerprint density at radius 2 is 1.59 bits per heavy atom. The number of likely N-dealkylation sites (tertiary alicyclic amines) is 1. The standard InChI is InChI=1S/C23H26ClNO2/c24-21-10-8-20(9-11-21)23(16-18-6-2-3-7-19(18)17-23)22(26)27-15-14-25-12-4-1-5-13-25/h2-3,6-11H,1,4-5,12-17H2. The molecule has 142 valence electrons. The van der Waals surface area contributed by atoms with Crippen LogP contribution in [0, 0.1) is 0 Å². The van der Waals surface area contributed by atoms with Crippen molar-refractivity contribution >= 4 is 17.6 Å². The maximum atomic E-state index is 13.3. The van der Waals surface area contributed by atoms with Crippen LogP contribution in [0.15, 0.2) is 48.5 Å². The van der Waals surface area contributed by atoms with Crippen molar-refractivity contribution < 1.29 is 9.53 Å². The number of rotatable bonds is 5. The first-order chi connectivity index (χ1) is 13.2. The zero-order chi connectivity index (χ0) is 18.7. The zero-order valence-corrected chi connectivity index (χ0v) is 16.4. The van der Waals surface area contributed by atoms with Gasteiger partial charge in [-0.05, 0) is 67.6 Å². The maximum absolute atomic E-state index is 13.3. The lowest BCUT2D eigenvalue weighted by Gasteiger charge is -2.29. The van der Waals surface area contributed by atoms with E-state index in [1.807, 2.05) is 36.4 Å². The Hall–Kier alpha value is -1.84. The highest BCUT2D eigenvalue weighted by Crippen LogP contribution is 2.41. The Bertz CT molecular complexity index is 771. The van der Waals surface area contributed by atoms with Gasteiger partial charge >= 0.3 is 5.97 Å². The molecule has 0 saturated carbocycles. The van der Waals surface area contributed by atoms with Gasteiger partial charge in [0.05, 0.1) is 0 Å². The van der Waals surface area contributed by atoms with Crippen molar-refractivity contribution in [2.45, 2.75) is 37.5 Å². The van der Waals surface area contributed by atoms with E-state index in [1.165, 1.54) is 30.4 Å². The first-order valence-electron chi connectivity index (χ1n) is 9.90. The van der Waals surface area contributed by atoms with Gasteiger partial charge in [0, 0.05) is 11.6 Å². The molecule has 0 bridgehead atoms. The number of ether oxygens (including phenoxy) is 1. The van der Waals surface area contributed by atoms with Crippen LogP contribution in [0.3, 0.4) is 0 Å². The Labute approximate surface area is 166 Å². The van der Waals surface area contributed by atoms with Gasteiger partial charge in [-0.25, -0.2) is 0 Å². The summed E-state index contributed by atoms with van der Waals surface area (Å²) >= 11 is 6.08. The summed E-state index contributed by atoms with van der Waals surface area (Å²) in [6.07, 6.45) is 5.19. The molecular formula is C23H26ClNO2. The molecule has 3 nitrogen and oxygen atoms in total. The lowest BCUT2D eigenvalue weighted by Crippen LogP contribution is -2.40. The molecule has 1 fully saturated rings. The number of nitrogens with zero attached hydrogens (tertiary/aromatic N) is 1. The molecule has 1 aliphatic heterocycles. The number of hydrogen-bond donors (Lipinski definition) is 0. The minimum Gasteiger partial charge on any atom is -0.464 e. The number of hydrogen-bond acceptors (Lipinski definition) is 3. The molecule has 0 atom stereocenters. The molecule has 0 spiro atoms. The van der Waals surface area contributed by atoms with Crippen molar-refractivity contribution in [2.24, 2.45) is 0 Å². The second-order valence-corrected chi connectivity index (χ2v) is 8.19. The van der Waals surface area contributed by atoms with Gasteiger partial charge < -0.3 is 4.74 Å². The van der Waals surface area contributed by atoms with E-state index in [0.717, 1.165) is 25.2 Å². The number of fused-ring (bicyclic) bond motifs is 1. The number of carbonyl (C=O) groups excluding carboxylic acids is 1. The summed E-state index contributed by atoms with van der Waals surface area (Å²) < 4.78 is 5.83. The molecule has 1 saturated heterocycles. The van der Waals surface area contributed by atoms with Gasteiger partial charge in [0.25, 0.3) is 0 Å². The van der Waals surface area contributed by atoms with E-state index in [2.05, 4.69) is 17.0 Å². The van der Waals surface area contributed by atoms with E-state index >= 15 is 0 Å². The molecule has 1 heterocycles. The zero-order valence-electron chi connectivity index (χ0n) is 15.6. The van der Waals surface area contributed by atoms with Crippen molar-refractivity contribution in [3.63, 3.8) is 0 Å². The molecule has 0 aromatic heterocycles. The van der Waals surface area contributed by atoms with E-state index < -0.39 is 5.41 Å². The molecule has 0 amide bonds. The molecule has 4 heteroatoms. The van der Waals surface area contributed by atoms with E-state index in [4.69, 9.17) is 16.3 Å². The van der Waals surface area contributed by atoms with Gasteiger partial charge in [-0.1, -0.05) is 54.4 Å². The maximum Gasteiger partial charge on any atom is 0.317 e. The monoisotopic (exact) mass is 383 g/mol. The highest BCUT2D eigenvalue weighted by Gasteiger charge is 2.46. The van der Waals surface area contributed by atoms with Crippen LogP contribution in [0.25, 0.3) is 0 Å². The molecule has 2 aliphatic rings. The highest BCUT2D eigenvalue weighted by molar-refractivity contribution is 6.30. The van der Waals surface area contributed by atoms with Crippen molar-refractivity contribution in [2.75, 3.05) is 26.2 Å². The summed E-state index contributed by atoms with van der Waals surface area (Å²) in [7, 11) is 0. The molecule has 0 radical (unpaired) electrons. The van der Waals surface area contributed by atoms with Gasteiger partial charge in [-0.3, -0.25) is 9.69 Å². The Morgan fingerprint density at radius 1 is 0.963 bits per heavy atom. The normalized spacial score (nSPS) is 18.9. The molecule has 0 unspecified atom stereocenters. The second-order valence-electron chi connectivity index (χ2n) is 7.75. The summed E-state index contributed by atoms with van der Waals surface area (Å²) in [5, 5.41) is 0.683. The van der Waals surface area contributed by atoms with Crippen molar-refractivity contribution in [3.8, 4) is 0 Å². The SMILES string of the molecule is O=C(OCCN1CCCCC1)C1(c2ccc(Cl)cc2)Cc2ccccc2C1. The van der Waals surface area contributed by atoms with Crippen LogP contribution in [-0.2, 0) is 27.8 Å². The number of piperidine rings is 1. The minimum absolute atomic E-state index is 0.113. The first-order valence-corrected chi connectivity index (χ1v) is 10.3. The van der Waals surface area contributed by atoms with Gasteiger partial charge in [-0.15, -0.1) is 0 Å². The molecule has 2 aromatic rings. The summed E-state index contributed by atoms with van der Waals surface area (Å²) in [6, 6.07) is 16.0. The molecular weight excluding hydrogens is 358 g/mol. The van der Waals surface area contributed by atoms with Crippen LogP contribution in [0.1, 0.15) is 36.0 Å². The van der Waals surface area contributed by atoms with Crippen molar-refractivity contribution in [1.82, 2.24) is 4.90 Å². The number of halogens is 1. The molecule has 1 aliphatic carbocycles. The Morgan fingerprint density at radius 3 is 2.22 bits per heavy atom. The fraction of sp³-hybridized carbons (Fsp3) is 0.435. The second kappa shape index (κ2) is 8.04. The first kappa shape index (κ1) is 18.5. The van der Waals surface area contributed by atoms with Crippen LogP contribution >= 0.6 is 11.6 Å². The van der Waals surface area contributed by atoms with E-state index in [1.54, 1.807) is 0 Å².